The molecule has 1 saturated heterocycles. The molecule has 0 atom stereocenters. The molecule has 2 aromatic heterocycles. The van der Waals surface area contributed by atoms with Gasteiger partial charge in [0.25, 0.3) is 11.5 Å². The molecule has 1 aliphatic heterocycles. The van der Waals surface area contributed by atoms with Crippen LogP contribution >= 0.6 is 23.2 Å². The molecule has 0 unspecified atom stereocenters. The summed E-state index contributed by atoms with van der Waals surface area (Å²) in [7, 11) is 0. The third-order valence-corrected chi connectivity index (χ3v) is 7.28. The predicted molar refractivity (Wildman–Crippen MR) is 134 cm³/mol. The summed E-state index contributed by atoms with van der Waals surface area (Å²) >= 11 is 11.8. The van der Waals surface area contributed by atoms with Crippen LogP contribution in [0.2, 0.25) is 10.0 Å². The summed E-state index contributed by atoms with van der Waals surface area (Å²) < 4.78 is 8.17. The molecule has 2 amide bonds. The highest BCUT2D eigenvalue weighted by Crippen LogP contribution is 2.33. The second-order valence-corrected chi connectivity index (χ2v) is 10.2. The van der Waals surface area contributed by atoms with Gasteiger partial charge in [-0.15, -0.1) is 0 Å². The van der Waals surface area contributed by atoms with Crippen LogP contribution in [0, 0.1) is 5.92 Å². The van der Waals surface area contributed by atoms with Crippen LogP contribution in [0.1, 0.15) is 25.7 Å². The minimum absolute atomic E-state index is 0.0746. The summed E-state index contributed by atoms with van der Waals surface area (Å²) in [5, 5.41) is 18.7. The molecule has 0 radical (unpaired) electrons. The van der Waals surface area contributed by atoms with Crippen molar-refractivity contribution in [2.45, 2.75) is 37.8 Å². The highest BCUT2D eigenvalue weighted by molar-refractivity contribution is 6.42. The third-order valence-electron chi connectivity index (χ3n) is 6.54. The van der Waals surface area contributed by atoms with Crippen LogP contribution in [0.25, 0.3) is 5.52 Å². The van der Waals surface area contributed by atoms with Crippen molar-refractivity contribution in [1.29, 1.82) is 0 Å². The molecule has 3 heterocycles. The van der Waals surface area contributed by atoms with Crippen LogP contribution in [0.15, 0.2) is 41.6 Å². The molecule has 0 bridgehead atoms. The van der Waals surface area contributed by atoms with E-state index in [0.717, 1.165) is 12.8 Å². The fourth-order valence-electron chi connectivity index (χ4n) is 4.33. The fourth-order valence-corrected chi connectivity index (χ4v) is 4.61. The van der Waals surface area contributed by atoms with E-state index in [4.69, 9.17) is 27.9 Å². The smallest absolute Gasteiger partial charge is 0.277 e. The quantitative estimate of drug-likeness (QED) is 0.481. The zero-order valence-electron chi connectivity index (χ0n) is 19.3. The second-order valence-electron chi connectivity index (χ2n) is 9.36. The van der Waals surface area contributed by atoms with Gasteiger partial charge in [0.2, 0.25) is 5.91 Å². The van der Waals surface area contributed by atoms with E-state index in [2.05, 4.69) is 10.4 Å². The lowest BCUT2D eigenvalue weighted by Gasteiger charge is -2.38. The summed E-state index contributed by atoms with van der Waals surface area (Å²) in [4.78, 5) is 39.5. The number of amides is 2. The predicted octanol–water partition coefficient (Wildman–Crippen LogP) is 2.58. The Labute approximate surface area is 216 Å². The Hall–Kier alpha value is -3.08. The minimum atomic E-state index is -1.10. The normalized spacial score (nSPS) is 17.2. The van der Waals surface area contributed by atoms with Crippen LogP contribution in [-0.4, -0.2) is 61.3 Å². The van der Waals surface area contributed by atoms with Crippen molar-refractivity contribution >= 4 is 46.2 Å². The number of carbonyl (C=O) groups excluding carboxylic acids is 2. The summed E-state index contributed by atoms with van der Waals surface area (Å²) in [5.74, 6) is 0.283. The average Bonchev–Trinajstić information content (AvgIpc) is 3.62. The lowest BCUT2D eigenvalue weighted by molar-refractivity contribution is -0.137. The maximum Gasteiger partial charge on any atom is 0.277 e. The van der Waals surface area contributed by atoms with Gasteiger partial charge in [-0.2, -0.15) is 5.10 Å². The molecule has 36 heavy (non-hydrogen) atoms. The Morgan fingerprint density at radius 3 is 2.61 bits per heavy atom. The summed E-state index contributed by atoms with van der Waals surface area (Å²) in [6, 6.07) is 6.20. The number of anilines is 1. The summed E-state index contributed by atoms with van der Waals surface area (Å²) in [6.07, 6.45) is 5.58. The van der Waals surface area contributed by atoms with Crippen molar-refractivity contribution in [3.8, 4) is 5.75 Å². The molecule has 190 valence electrons. The Kier molecular flexibility index (Phi) is 6.67. The second kappa shape index (κ2) is 9.76. The molecule has 12 heteroatoms. The number of likely N-dealkylation sites (tertiary alicyclic amines) is 1. The van der Waals surface area contributed by atoms with E-state index >= 15 is 0 Å². The first-order chi connectivity index (χ1) is 17.2. The van der Waals surface area contributed by atoms with Gasteiger partial charge in [-0.3, -0.25) is 19.0 Å². The zero-order chi connectivity index (χ0) is 25.4. The number of aromatic nitrogens is 3. The number of hydrogen-bond acceptors (Lipinski definition) is 6. The van der Waals surface area contributed by atoms with Gasteiger partial charge in [0, 0.05) is 25.1 Å². The number of piperidine rings is 1. The van der Waals surface area contributed by atoms with E-state index in [9.17, 15) is 19.5 Å². The molecular weight excluding hydrogens is 509 g/mol. The van der Waals surface area contributed by atoms with Gasteiger partial charge in [0.1, 0.15) is 17.6 Å². The molecule has 2 fully saturated rings. The molecule has 1 aliphatic carbocycles. The number of aliphatic hydroxyl groups is 1. The van der Waals surface area contributed by atoms with Gasteiger partial charge in [0.15, 0.2) is 6.61 Å². The van der Waals surface area contributed by atoms with Crippen LogP contribution < -0.4 is 15.6 Å². The molecule has 5 rings (SSSR count). The van der Waals surface area contributed by atoms with E-state index in [1.807, 2.05) is 4.90 Å². The Morgan fingerprint density at radius 1 is 1.17 bits per heavy atom. The van der Waals surface area contributed by atoms with Gasteiger partial charge in [-0.1, -0.05) is 23.2 Å². The Balaban J connectivity index is 1.21. The molecule has 0 spiro atoms. The molecule has 2 N–H and O–H groups in total. The number of nitrogens with zero attached hydrogens (tertiary/aromatic N) is 4. The maximum absolute atomic E-state index is 13.0. The first-order valence-electron chi connectivity index (χ1n) is 11.7. The van der Waals surface area contributed by atoms with Crippen molar-refractivity contribution in [2.75, 3.05) is 25.0 Å². The number of halogens is 2. The zero-order valence-corrected chi connectivity index (χ0v) is 20.8. The van der Waals surface area contributed by atoms with Gasteiger partial charge in [0.05, 0.1) is 34.1 Å². The van der Waals surface area contributed by atoms with E-state index in [1.54, 1.807) is 12.1 Å². The largest absolute Gasteiger partial charge is 0.484 e. The van der Waals surface area contributed by atoms with Crippen molar-refractivity contribution in [2.24, 2.45) is 5.92 Å². The summed E-state index contributed by atoms with van der Waals surface area (Å²) in [5.41, 5.74) is -0.813. The molecular formula is C24H25Cl2N5O5. The van der Waals surface area contributed by atoms with E-state index < -0.39 is 11.5 Å². The number of hydrogen-bond donors (Lipinski definition) is 2. The fraction of sp³-hybridized carbons (Fsp3) is 0.417. The lowest BCUT2D eigenvalue weighted by Crippen LogP contribution is -2.50. The van der Waals surface area contributed by atoms with Gasteiger partial charge in [-0.05, 0) is 43.9 Å². The first-order valence-corrected chi connectivity index (χ1v) is 12.4. The number of benzene rings is 1. The lowest BCUT2D eigenvalue weighted by atomic mass is 9.91. The number of nitrogens with one attached hydrogen (secondary N) is 1. The number of fused-ring (bicyclic) bond motifs is 1. The monoisotopic (exact) mass is 533 g/mol. The molecule has 10 nitrogen and oxygen atoms in total. The number of rotatable bonds is 7. The average molecular weight is 534 g/mol. The van der Waals surface area contributed by atoms with E-state index in [0.29, 0.717) is 47.4 Å². The van der Waals surface area contributed by atoms with Crippen molar-refractivity contribution < 1.29 is 19.4 Å². The molecule has 1 saturated carbocycles. The maximum atomic E-state index is 13.0. The molecule has 2 aliphatic rings. The molecule has 3 aromatic rings. The van der Waals surface area contributed by atoms with Crippen molar-refractivity contribution in [3.63, 3.8) is 0 Å². The van der Waals surface area contributed by atoms with Crippen LogP contribution in [0.3, 0.4) is 0 Å². The minimum Gasteiger partial charge on any atom is -0.484 e. The van der Waals surface area contributed by atoms with Gasteiger partial charge < -0.3 is 20.1 Å². The van der Waals surface area contributed by atoms with Crippen molar-refractivity contribution in [1.82, 2.24) is 19.1 Å². The van der Waals surface area contributed by atoms with Gasteiger partial charge >= 0.3 is 0 Å². The molecule has 1 aromatic carbocycles. The first kappa shape index (κ1) is 24.6. The van der Waals surface area contributed by atoms with Crippen LogP contribution in [0.4, 0.5) is 5.69 Å². The Morgan fingerprint density at radius 2 is 1.92 bits per heavy atom. The van der Waals surface area contributed by atoms with Crippen molar-refractivity contribution in [3.05, 3.63) is 57.2 Å². The third kappa shape index (κ3) is 5.35. The number of ether oxygens (including phenoxy) is 1. The van der Waals surface area contributed by atoms with Crippen LogP contribution in [0.5, 0.6) is 5.75 Å². The number of carbonyl (C=O) groups is 2. The van der Waals surface area contributed by atoms with E-state index in [-0.39, 0.29) is 36.1 Å². The highest BCUT2D eigenvalue weighted by Gasteiger charge is 2.39. The topological polar surface area (TPSA) is 118 Å². The van der Waals surface area contributed by atoms with Crippen LogP contribution in [-0.2, 0) is 16.1 Å². The summed E-state index contributed by atoms with van der Waals surface area (Å²) in [6.45, 7) is 0.754. The highest BCUT2D eigenvalue weighted by atomic mass is 35.5. The SMILES string of the molecule is O=C(COc1ccc(Cl)c(Cl)c1)Nc1cc2c(=O)n(CC3(O)CCN(C(=O)C4CC4)CC3)cnn2c1. The Bertz CT molecular complexity index is 1370. The van der Waals surface area contributed by atoms with E-state index in [1.165, 1.54) is 33.7 Å². The standard InChI is InChI=1S/C24H25Cl2N5O5/c25-18-4-3-17(10-19(18)26)36-12-21(32)28-16-9-20-23(34)30(14-27-31(20)11-16)13-24(35)5-7-29(8-6-24)22(33)15-1-2-15/h3-4,9-11,14-15,35H,1-2,5-8,12-13H2,(H,28,32). The van der Waals surface area contributed by atoms with Gasteiger partial charge in [-0.25, -0.2) is 4.52 Å².